The summed E-state index contributed by atoms with van der Waals surface area (Å²) in [5.74, 6) is 0.567. The predicted octanol–water partition coefficient (Wildman–Crippen LogP) is 2.09. The van der Waals surface area contributed by atoms with Gasteiger partial charge in [-0.25, -0.2) is 4.79 Å². The van der Waals surface area contributed by atoms with Crippen molar-refractivity contribution in [2.24, 2.45) is 7.05 Å². The van der Waals surface area contributed by atoms with Crippen molar-refractivity contribution in [1.82, 2.24) is 15.1 Å². The zero-order valence-electron chi connectivity index (χ0n) is 11.2. The van der Waals surface area contributed by atoms with Crippen LogP contribution >= 0.6 is 0 Å². The lowest BCUT2D eigenvalue weighted by molar-refractivity contribution is 0.252. The van der Waals surface area contributed by atoms with Crippen molar-refractivity contribution >= 4 is 11.8 Å². The van der Waals surface area contributed by atoms with Crippen LogP contribution in [-0.2, 0) is 13.5 Å². The molecule has 0 aliphatic carbocycles. The highest BCUT2D eigenvalue weighted by Gasteiger charge is 2.05. The summed E-state index contributed by atoms with van der Waals surface area (Å²) < 4.78 is 1.72. The van der Waals surface area contributed by atoms with Gasteiger partial charge in [-0.1, -0.05) is 30.3 Å². The van der Waals surface area contributed by atoms with E-state index in [2.05, 4.69) is 15.7 Å². The smallest absolute Gasteiger partial charge is 0.320 e. The molecule has 1 aromatic heterocycles. The Morgan fingerprint density at radius 2 is 2.05 bits per heavy atom. The summed E-state index contributed by atoms with van der Waals surface area (Å²) >= 11 is 0. The molecule has 100 valence electrons. The summed E-state index contributed by atoms with van der Waals surface area (Å²) in [6.45, 7) is 2.53. The number of amides is 2. The van der Waals surface area contributed by atoms with Gasteiger partial charge in [0, 0.05) is 25.4 Å². The fourth-order valence-corrected chi connectivity index (χ4v) is 1.75. The van der Waals surface area contributed by atoms with Crippen molar-refractivity contribution < 1.29 is 4.79 Å². The molecular formula is C14H18N4O. The van der Waals surface area contributed by atoms with Gasteiger partial charge in [0.1, 0.15) is 0 Å². The number of aryl methyl sites for hydroxylation is 2. The fraction of sp³-hybridized carbons (Fsp3) is 0.286. The first-order valence-electron chi connectivity index (χ1n) is 6.24. The third-order valence-corrected chi connectivity index (χ3v) is 2.90. The highest BCUT2D eigenvalue weighted by Crippen LogP contribution is 2.06. The van der Waals surface area contributed by atoms with Crippen molar-refractivity contribution in [3.63, 3.8) is 0 Å². The van der Waals surface area contributed by atoms with Crippen LogP contribution in [0, 0.1) is 6.92 Å². The van der Waals surface area contributed by atoms with Gasteiger partial charge in [0.15, 0.2) is 5.82 Å². The predicted molar refractivity (Wildman–Crippen MR) is 75.1 cm³/mol. The highest BCUT2D eigenvalue weighted by atomic mass is 16.2. The summed E-state index contributed by atoms with van der Waals surface area (Å²) in [6.07, 6.45) is 0.815. The lowest BCUT2D eigenvalue weighted by Crippen LogP contribution is -2.30. The molecule has 2 N–H and O–H groups in total. The molecule has 0 fully saturated rings. The number of anilines is 1. The maximum absolute atomic E-state index is 11.7. The minimum absolute atomic E-state index is 0.228. The molecule has 5 nitrogen and oxygen atoms in total. The molecule has 0 unspecified atom stereocenters. The second kappa shape index (κ2) is 6.04. The summed E-state index contributed by atoms with van der Waals surface area (Å²) in [7, 11) is 1.84. The number of nitrogens with zero attached hydrogens (tertiary/aromatic N) is 2. The van der Waals surface area contributed by atoms with E-state index in [1.54, 1.807) is 4.68 Å². The van der Waals surface area contributed by atoms with E-state index < -0.39 is 0 Å². The number of aromatic nitrogens is 2. The van der Waals surface area contributed by atoms with E-state index in [1.807, 2.05) is 50.4 Å². The Kier molecular flexibility index (Phi) is 4.18. The molecule has 0 aliphatic heterocycles. The summed E-state index contributed by atoms with van der Waals surface area (Å²) in [6, 6.07) is 11.7. The summed E-state index contributed by atoms with van der Waals surface area (Å²) in [4.78, 5) is 11.7. The largest absolute Gasteiger partial charge is 0.337 e. The average Bonchev–Trinajstić information content (AvgIpc) is 2.69. The van der Waals surface area contributed by atoms with Crippen molar-refractivity contribution in [2.45, 2.75) is 13.3 Å². The monoisotopic (exact) mass is 258 g/mol. The number of urea groups is 1. The van der Waals surface area contributed by atoms with Crippen LogP contribution in [0.15, 0.2) is 36.4 Å². The Morgan fingerprint density at radius 1 is 1.32 bits per heavy atom. The first-order valence-corrected chi connectivity index (χ1v) is 6.24. The lowest BCUT2D eigenvalue weighted by Gasteiger charge is -2.05. The number of nitrogens with one attached hydrogen (secondary N) is 2. The highest BCUT2D eigenvalue weighted by molar-refractivity contribution is 5.88. The molecule has 19 heavy (non-hydrogen) atoms. The molecule has 1 heterocycles. The maximum atomic E-state index is 11.7. The van der Waals surface area contributed by atoms with E-state index in [-0.39, 0.29) is 6.03 Å². The van der Waals surface area contributed by atoms with Gasteiger partial charge in [-0.15, -0.1) is 0 Å². The van der Waals surface area contributed by atoms with Crippen LogP contribution in [0.3, 0.4) is 0 Å². The molecule has 0 bridgehead atoms. The standard InChI is InChI=1S/C14H18N4O/c1-11-10-13(17-18(11)2)16-14(19)15-9-8-12-6-4-3-5-7-12/h3-7,10H,8-9H2,1-2H3,(H2,15,16,17,19). The van der Waals surface area contributed by atoms with E-state index in [0.717, 1.165) is 12.1 Å². The first kappa shape index (κ1) is 13.1. The lowest BCUT2D eigenvalue weighted by atomic mass is 10.1. The topological polar surface area (TPSA) is 59.0 Å². The van der Waals surface area contributed by atoms with E-state index >= 15 is 0 Å². The van der Waals surface area contributed by atoms with E-state index in [0.29, 0.717) is 12.4 Å². The van der Waals surface area contributed by atoms with Crippen molar-refractivity contribution in [3.8, 4) is 0 Å². The van der Waals surface area contributed by atoms with Crippen LogP contribution in [0.2, 0.25) is 0 Å². The van der Waals surface area contributed by atoms with Gasteiger partial charge in [0.25, 0.3) is 0 Å². The Hall–Kier alpha value is -2.30. The zero-order valence-corrected chi connectivity index (χ0v) is 11.2. The Balaban J connectivity index is 1.76. The average molecular weight is 258 g/mol. The quantitative estimate of drug-likeness (QED) is 0.882. The molecule has 0 radical (unpaired) electrons. The third-order valence-electron chi connectivity index (χ3n) is 2.90. The van der Waals surface area contributed by atoms with Gasteiger partial charge in [0.2, 0.25) is 0 Å². The molecule has 5 heteroatoms. The van der Waals surface area contributed by atoms with Gasteiger partial charge < -0.3 is 5.32 Å². The van der Waals surface area contributed by atoms with E-state index in [9.17, 15) is 4.79 Å². The van der Waals surface area contributed by atoms with Crippen molar-refractivity contribution in [3.05, 3.63) is 47.7 Å². The van der Waals surface area contributed by atoms with E-state index in [4.69, 9.17) is 0 Å². The van der Waals surface area contributed by atoms with Gasteiger partial charge in [0.05, 0.1) is 0 Å². The van der Waals surface area contributed by atoms with Gasteiger partial charge in [-0.3, -0.25) is 10.00 Å². The molecule has 1 aromatic carbocycles. The Morgan fingerprint density at radius 3 is 2.68 bits per heavy atom. The molecule has 0 aliphatic rings. The number of rotatable bonds is 4. The molecule has 0 saturated heterocycles. The molecule has 2 amide bonds. The molecule has 0 saturated carbocycles. The third kappa shape index (κ3) is 3.84. The van der Waals surface area contributed by atoms with Gasteiger partial charge >= 0.3 is 6.03 Å². The van der Waals surface area contributed by atoms with Crippen LogP contribution in [-0.4, -0.2) is 22.4 Å². The van der Waals surface area contributed by atoms with Crippen molar-refractivity contribution in [2.75, 3.05) is 11.9 Å². The SMILES string of the molecule is Cc1cc(NC(=O)NCCc2ccccc2)nn1C. The van der Waals surface area contributed by atoms with Gasteiger partial charge in [-0.05, 0) is 18.9 Å². The minimum Gasteiger partial charge on any atom is -0.337 e. The van der Waals surface area contributed by atoms with Crippen LogP contribution in [0.5, 0.6) is 0 Å². The van der Waals surface area contributed by atoms with Crippen LogP contribution in [0.4, 0.5) is 10.6 Å². The van der Waals surface area contributed by atoms with Crippen molar-refractivity contribution in [1.29, 1.82) is 0 Å². The number of carbonyl (C=O) groups excluding carboxylic acids is 1. The fourth-order valence-electron chi connectivity index (χ4n) is 1.75. The maximum Gasteiger partial charge on any atom is 0.320 e. The van der Waals surface area contributed by atoms with Crippen LogP contribution in [0.25, 0.3) is 0 Å². The second-order valence-corrected chi connectivity index (χ2v) is 4.41. The molecular weight excluding hydrogens is 240 g/mol. The summed E-state index contributed by atoms with van der Waals surface area (Å²) in [5, 5.41) is 9.68. The van der Waals surface area contributed by atoms with Crippen LogP contribution in [0.1, 0.15) is 11.3 Å². The Bertz CT molecular complexity index is 528. The summed E-state index contributed by atoms with van der Waals surface area (Å²) in [5.41, 5.74) is 2.20. The molecule has 0 atom stereocenters. The molecule has 0 spiro atoms. The normalized spacial score (nSPS) is 10.2. The van der Waals surface area contributed by atoms with E-state index in [1.165, 1.54) is 5.56 Å². The van der Waals surface area contributed by atoms with Crippen LogP contribution < -0.4 is 10.6 Å². The van der Waals surface area contributed by atoms with Gasteiger partial charge in [-0.2, -0.15) is 5.10 Å². The number of hydrogen-bond acceptors (Lipinski definition) is 2. The minimum atomic E-state index is -0.228. The Labute approximate surface area is 112 Å². The zero-order chi connectivity index (χ0) is 13.7. The number of hydrogen-bond donors (Lipinski definition) is 2. The second-order valence-electron chi connectivity index (χ2n) is 4.41. The molecule has 2 aromatic rings. The number of benzene rings is 1. The number of carbonyl (C=O) groups is 1. The molecule has 2 rings (SSSR count). The first-order chi connectivity index (χ1) is 9.15.